The highest BCUT2D eigenvalue weighted by atomic mass is 16.1. The van der Waals surface area contributed by atoms with Crippen LogP contribution in [0.1, 0.15) is 23.1 Å². The van der Waals surface area contributed by atoms with Crippen LogP contribution in [0.15, 0.2) is 48.5 Å². The maximum atomic E-state index is 11.9. The Bertz CT molecular complexity index is 540. The van der Waals surface area contributed by atoms with Gasteiger partial charge in [0.2, 0.25) is 5.91 Å². The predicted octanol–water partition coefficient (Wildman–Crippen LogP) is 3.87. The Labute approximate surface area is 114 Å². The summed E-state index contributed by atoms with van der Waals surface area (Å²) >= 11 is 0. The van der Waals surface area contributed by atoms with E-state index < -0.39 is 0 Å². The van der Waals surface area contributed by atoms with E-state index in [2.05, 4.69) is 11.4 Å². The summed E-state index contributed by atoms with van der Waals surface area (Å²) in [6.07, 6.45) is 1.29. The van der Waals surface area contributed by atoms with Crippen LogP contribution in [0.4, 0.5) is 5.69 Å². The quantitative estimate of drug-likeness (QED) is 0.880. The molecule has 1 N–H and O–H groups in total. The Kier molecular flexibility index (Phi) is 4.35. The van der Waals surface area contributed by atoms with Crippen molar-refractivity contribution in [2.24, 2.45) is 0 Å². The van der Waals surface area contributed by atoms with Crippen LogP contribution in [0.5, 0.6) is 0 Å². The van der Waals surface area contributed by atoms with E-state index in [4.69, 9.17) is 0 Å². The molecule has 0 saturated carbocycles. The fourth-order valence-corrected chi connectivity index (χ4v) is 2.17. The minimum Gasteiger partial charge on any atom is -0.326 e. The number of anilines is 1. The number of benzene rings is 2. The standard InChI is InChI=1S/C17H19NO/c1-13-10-14(2)12-16(11-13)18-17(19)9-8-15-6-4-3-5-7-15/h3-7,10-12H,8-9H2,1-2H3,(H,18,19). The first kappa shape index (κ1) is 13.3. The smallest absolute Gasteiger partial charge is 0.224 e. The molecule has 2 aromatic rings. The highest BCUT2D eigenvalue weighted by molar-refractivity contribution is 5.91. The third kappa shape index (κ3) is 4.25. The number of carbonyl (C=O) groups excluding carboxylic acids is 1. The van der Waals surface area contributed by atoms with E-state index in [1.54, 1.807) is 0 Å². The summed E-state index contributed by atoms with van der Waals surface area (Å²) in [6, 6.07) is 16.2. The van der Waals surface area contributed by atoms with Gasteiger partial charge in [0.25, 0.3) is 0 Å². The zero-order valence-electron chi connectivity index (χ0n) is 11.4. The summed E-state index contributed by atoms with van der Waals surface area (Å²) < 4.78 is 0. The minimum absolute atomic E-state index is 0.0638. The molecule has 2 rings (SSSR count). The van der Waals surface area contributed by atoms with Crippen LogP contribution < -0.4 is 5.32 Å². The van der Waals surface area contributed by atoms with Gasteiger partial charge in [0.1, 0.15) is 0 Å². The molecule has 0 fully saturated rings. The van der Waals surface area contributed by atoms with Crippen LogP contribution in [0.25, 0.3) is 0 Å². The summed E-state index contributed by atoms with van der Waals surface area (Å²) in [5.41, 5.74) is 4.41. The monoisotopic (exact) mass is 253 g/mol. The molecule has 2 heteroatoms. The van der Waals surface area contributed by atoms with Crippen molar-refractivity contribution in [1.82, 2.24) is 0 Å². The first-order valence-electron chi connectivity index (χ1n) is 6.55. The molecule has 98 valence electrons. The van der Waals surface area contributed by atoms with Crippen molar-refractivity contribution in [3.63, 3.8) is 0 Å². The van der Waals surface area contributed by atoms with Crippen molar-refractivity contribution in [2.75, 3.05) is 5.32 Å². The van der Waals surface area contributed by atoms with Gasteiger partial charge in [-0.05, 0) is 49.1 Å². The number of nitrogens with one attached hydrogen (secondary N) is 1. The highest BCUT2D eigenvalue weighted by Gasteiger charge is 2.04. The molecule has 0 aromatic heterocycles. The van der Waals surface area contributed by atoms with Crippen molar-refractivity contribution >= 4 is 11.6 Å². The second kappa shape index (κ2) is 6.19. The van der Waals surface area contributed by atoms with E-state index in [-0.39, 0.29) is 5.91 Å². The molecule has 0 heterocycles. The summed E-state index contributed by atoms with van der Waals surface area (Å²) in [6.45, 7) is 4.07. The molecule has 1 amide bonds. The Morgan fingerprint density at radius 3 is 2.26 bits per heavy atom. The maximum absolute atomic E-state index is 11.9. The number of hydrogen-bond acceptors (Lipinski definition) is 1. The zero-order chi connectivity index (χ0) is 13.7. The summed E-state index contributed by atoms with van der Waals surface area (Å²) in [5, 5.41) is 2.95. The van der Waals surface area contributed by atoms with Gasteiger partial charge in [-0.25, -0.2) is 0 Å². The topological polar surface area (TPSA) is 29.1 Å². The molecule has 2 nitrogen and oxygen atoms in total. The summed E-state index contributed by atoms with van der Waals surface area (Å²) in [5.74, 6) is 0.0638. The molecule has 0 aliphatic rings. The van der Waals surface area contributed by atoms with Crippen molar-refractivity contribution in [2.45, 2.75) is 26.7 Å². The third-order valence-electron chi connectivity index (χ3n) is 2.99. The van der Waals surface area contributed by atoms with Gasteiger partial charge in [-0.1, -0.05) is 36.4 Å². The van der Waals surface area contributed by atoms with E-state index in [9.17, 15) is 4.79 Å². The molecule has 2 aromatic carbocycles. The Morgan fingerprint density at radius 2 is 1.63 bits per heavy atom. The molecular formula is C17H19NO. The molecule has 0 unspecified atom stereocenters. The van der Waals surface area contributed by atoms with Crippen LogP contribution in [0.2, 0.25) is 0 Å². The van der Waals surface area contributed by atoms with Crippen molar-refractivity contribution in [1.29, 1.82) is 0 Å². The Morgan fingerprint density at radius 1 is 1.00 bits per heavy atom. The fourth-order valence-electron chi connectivity index (χ4n) is 2.17. The lowest BCUT2D eigenvalue weighted by molar-refractivity contribution is -0.116. The van der Waals surface area contributed by atoms with E-state index in [1.165, 1.54) is 16.7 Å². The van der Waals surface area contributed by atoms with Crippen molar-refractivity contribution in [3.8, 4) is 0 Å². The maximum Gasteiger partial charge on any atom is 0.224 e. The van der Waals surface area contributed by atoms with Crippen LogP contribution in [-0.4, -0.2) is 5.91 Å². The summed E-state index contributed by atoms with van der Waals surface area (Å²) in [4.78, 5) is 11.9. The van der Waals surface area contributed by atoms with Crippen molar-refractivity contribution < 1.29 is 4.79 Å². The lowest BCUT2D eigenvalue weighted by Crippen LogP contribution is -2.12. The van der Waals surface area contributed by atoms with Crippen LogP contribution in [-0.2, 0) is 11.2 Å². The molecule has 0 aliphatic heterocycles. The van der Waals surface area contributed by atoms with Gasteiger partial charge in [-0.2, -0.15) is 0 Å². The average Bonchev–Trinajstić information content (AvgIpc) is 2.36. The predicted molar refractivity (Wildman–Crippen MR) is 79.3 cm³/mol. The number of amides is 1. The molecule has 0 atom stereocenters. The lowest BCUT2D eigenvalue weighted by atomic mass is 10.1. The van der Waals surface area contributed by atoms with Crippen LogP contribution in [0.3, 0.4) is 0 Å². The highest BCUT2D eigenvalue weighted by Crippen LogP contribution is 2.14. The minimum atomic E-state index is 0.0638. The first-order valence-corrected chi connectivity index (χ1v) is 6.55. The SMILES string of the molecule is Cc1cc(C)cc(NC(=O)CCc2ccccc2)c1. The van der Waals surface area contributed by atoms with E-state index in [1.807, 2.05) is 56.3 Å². The van der Waals surface area contributed by atoms with Gasteiger partial charge in [-0.3, -0.25) is 4.79 Å². The number of rotatable bonds is 4. The molecule has 0 saturated heterocycles. The Balaban J connectivity index is 1.91. The summed E-state index contributed by atoms with van der Waals surface area (Å²) in [7, 11) is 0. The van der Waals surface area contributed by atoms with Gasteiger partial charge in [-0.15, -0.1) is 0 Å². The van der Waals surface area contributed by atoms with Gasteiger partial charge in [0.15, 0.2) is 0 Å². The normalized spacial score (nSPS) is 10.2. The fraction of sp³-hybridized carbons (Fsp3) is 0.235. The van der Waals surface area contributed by atoms with Gasteiger partial charge < -0.3 is 5.32 Å². The molecule has 0 spiro atoms. The molecule has 19 heavy (non-hydrogen) atoms. The van der Waals surface area contributed by atoms with Gasteiger partial charge in [0, 0.05) is 12.1 Å². The van der Waals surface area contributed by atoms with Crippen LogP contribution >= 0.6 is 0 Å². The van der Waals surface area contributed by atoms with E-state index >= 15 is 0 Å². The average molecular weight is 253 g/mol. The number of aryl methyl sites for hydroxylation is 3. The molecule has 0 bridgehead atoms. The zero-order valence-corrected chi connectivity index (χ0v) is 11.4. The van der Waals surface area contributed by atoms with Crippen LogP contribution in [0, 0.1) is 13.8 Å². The van der Waals surface area contributed by atoms with E-state index in [0.717, 1.165) is 12.1 Å². The number of carbonyl (C=O) groups is 1. The largest absolute Gasteiger partial charge is 0.326 e. The van der Waals surface area contributed by atoms with Crippen molar-refractivity contribution in [3.05, 3.63) is 65.2 Å². The lowest BCUT2D eigenvalue weighted by Gasteiger charge is -2.07. The molecule has 0 radical (unpaired) electrons. The molecular weight excluding hydrogens is 234 g/mol. The van der Waals surface area contributed by atoms with E-state index in [0.29, 0.717) is 6.42 Å². The third-order valence-corrected chi connectivity index (χ3v) is 2.99. The van der Waals surface area contributed by atoms with Gasteiger partial charge in [0.05, 0.1) is 0 Å². The van der Waals surface area contributed by atoms with Gasteiger partial charge >= 0.3 is 0 Å². The second-order valence-electron chi connectivity index (χ2n) is 4.91. The Hall–Kier alpha value is -2.09. The second-order valence-corrected chi connectivity index (χ2v) is 4.91. The first-order chi connectivity index (χ1) is 9.13. The molecule has 0 aliphatic carbocycles. The number of hydrogen-bond donors (Lipinski definition) is 1.